The third kappa shape index (κ3) is 6.00. The maximum atomic E-state index is 11.4. The lowest BCUT2D eigenvalue weighted by Crippen LogP contribution is -2.22. The number of ether oxygens (including phenoxy) is 2. The van der Waals surface area contributed by atoms with Crippen molar-refractivity contribution < 1.29 is 29.0 Å². The summed E-state index contributed by atoms with van der Waals surface area (Å²) in [4.78, 5) is 32.8. The molecule has 0 amide bonds. The predicted octanol–water partition coefficient (Wildman–Crippen LogP) is 0.594. The van der Waals surface area contributed by atoms with Crippen LogP contribution in [-0.2, 0) is 23.9 Å². The molecule has 0 saturated carbocycles. The molecule has 0 aromatic heterocycles. The molecule has 0 bridgehead atoms. The second kappa shape index (κ2) is 7.67. The first-order valence-corrected chi connectivity index (χ1v) is 4.96. The lowest BCUT2D eigenvalue weighted by atomic mass is 10.00. The molecule has 1 atom stereocenters. The molecule has 0 spiro atoms. The van der Waals surface area contributed by atoms with E-state index in [4.69, 9.17) is 9.84 Å². The van der Waals surface area contributed by atoms with E-state index in [-0.39, 0.29) is 25.9 Å². The summed E-state index contributed by atoms with van der Waals surface area (Å²) in [5.41, 5.74) is 0. The van der Waals surface area contributed by atoms with E-state index in [1.807, 2.05) is 0 Å². The number of carboxylic acids is 1. The molecule has 0 aliphatic rings. The number of aliphatic carboxylic acids is 1. The van der Waals surface area contributed by atoms with Gasteiger partial charge in [-0.3, -0.25) is 14.4 Å². The first-order chi connectivity index (χ1) is 7.51. The Bertz CT molecular complexity index is 260. The SMILES string of the molecule is CCOC(=O)C(CCC(=O)O)CC(=O)OC. The monoisotopic (exact) mass is 232 g/mol. The maximum Gasteiger partial charge on any atom is 0.309 e. The van der Waals surface area contributed by atoms with E-state index >= 15 is 0 Å². The van der Waals surface area contributed by atoms with Gasteiger partial charge in [-0.05, 0) is 13.3 Å². The van der Waals surface area contributed by atoms with Crippen LogP contribution in [0.5, 0.6) is 0 Å². The summed E-state index contributed by atoms with van der Waals surface area (Å²) in [5.74, 6) is -2.87. The van der Waals surface area contributed by atoms with Crippen LogP contribution >= 0.6 is 0 Å². The van der Waals surface area contributed by atoms with E-state index in [1.165, 1.54) is 7.11 Å². The summed E-state index contributed by atoms with van der Waals surface area (Å²) in [6.07, 6.45) is -0.258. The summed E-state index contributed by atoms with van der Waals surface area (Å²) in [7, 11) is 1.21. The number of hydrogen-bond donors (Lipinski definition) is 1. The van der Waals surface area contributed by atoms with Crippen LogP contribution in [-0.4, -0.2) is 36.7 Å². The van der Waals surface area contributed by atoms with Crippen LogP contribution in [0.4, 0.5) is 0 Å². The summed E-state index contributed by atoms with van der Waals surface area (Å²) in [6, 6.07) is 0. The van der Waals surface area contributed by atoms with Crippen molar-refractivity contribution in [1.82, 2.24) is 0 Å². The normalized spacial score (nSPS) is 11.6. The Hall–Kier alpha value is -1.59. The molecular formula is C10H16O6. The predicted molar refractivity (Wildman–Crippen MR) is 53.6 cm³/mol. The number of carboxylic acid groups (broad SMARTS) is 1. The molecule has 0 heterocycles. The smallest absolute Gasteiger partial charge is 0.309 e. The number of methoxy groups -OCH3 is 1. The van der Waals surface area contributed by atoms with E-state index in [2.05, 4.69) is 4.74 Å². The Labute approximate surface area is 93.5 Å². The third-order valence-electron chi connectivity index (χ3n) is 1.97. The van der Waals surface area contributed by atoms with E-state index in [0.29, 0.717) is 0 Å². The topological polar surface area (TPSA) is 89.9 Å². The first kappa shape index (κ1) is 14.4. The van der Waals surface area contributed by atoms with Gasteiger partial charge in [-0.25, -0.2) is 0 Å². The highest BCUT2D eigenvalue weighted by atomic mass is 16.5. The lowest BCUT2D eigenvalue weighted by Gasteiger charge is -2.12. The first-order valence-electron chi connectivity index (χ1n) is 4.96. The number of esters is 2. The van der Waals surface area contributed by atoms with Crippen molar-refractivity contribution >= 4 is 17.9 Å². The molecule has 1 unspecified atom stereocenters. The zero-order chi connectivity index (χ0) is 12.6. The second-order valence-corrected chi connectivity index (χ2v) is 3.16. The van der Waals surface area contributed by atoms with Gasteiger partial charge in [-0.1, -0.05) is 0 Å². The van der Waals surface area contributed by atoms with Gasteiger partial charge in [0.05, 0.1) is 26.1 Å². The molecule has 92 valence electrons. The minimum Gasteiger partial charge on any atom is -0.481 e. The standard InChI is InChI=1S/C10H16O6/c1-3-16-10(14)7(4-5-8(11)12)6-9(13)15-2/h7H,3-6H2,1-2H3,(H,11,12). The fourth-order valence-corrected chi connectivity index (χ4v) is 1.15. The van der Waals surface area contributed by atoms with Gasteiger partial charge in [0.25, 0.3) is 0 Å². The quantitative estimate of drug-likeness (QED) is 0.646. The highest BCUT2D eigenvalue weighted by Crippen LogP contribution is 2.14. The van der Waals surface area contributed by atoms with Crippen LogP contribution in [0.1, 0.15) is 26.2 Å². The summed E-state index contributed by atoms with van der Waals surface area (Å²) >= 11 is 0. The van der Waals surface area contributed by atoms with Crippen LogP contribution in [0.15, 0.2) is 0 Å². The molecule has 16 heavy (non-hydrogen) atoms. The number of hydrogen-bond acceptors (Lipinski definition) is 5. The molecule has 0 aliphatic carbocycles. The molecule has 0 fully saturated rings. The Morgan fingerprint density at radius 2 is 1.94 bits per heavy atom. The van der Waals surface area contributed by atoms with Crippen LogP contribution in [0.25, 0.3) is 0 Å². The molecule has 0 radical (unpaired) electrons. The van der Waals surface area contributed by atoms with Crippen molar-refractivity contribution in [3.05, 3.63) is 0 Å². The van der Waals surface area contributed by atoms with Gasteiger partial charge in [0.15, 0.2) is 0 Å². The molecule has 6 heteroatoms. The minimum absolute atomic E-state index is 0.0727. The van der Waals surface area contributed by atoms with E-state index in [9.17, 15) is 14.4 Å². The fourth-order valence-electron chi connectivity index (χ4n) is 1.15. The average molecular weight is 232 g/mol. The minimum atomic E-state index is -1.01. The largest absolute Gasteiger partial charge is 0.481 e. The fraction of sp³-hybridized carbons (Fsp3) is 0.700. The Morgan fingerprint density at radius 1 is 1.31 bits per heavy atom. The van der Waals surface area contributed by atoms with Gasteiger partial charge in [0, 0.05) is 6.42 Å². The van der Waals surface area contributed by atoms with Crippen molar-refractivity contribution in [1.29, 1.82) is 0 Å². The molecule has 0 rings (SSSR count). The zero-order valence-corrected chi connectivity index (χ0v) is 9.39. The molecule has 0 aromatic carbocycles. The summed E-state index contributed by atoms with van der Waals surface area (Å²) < 4.78 is 9.16. The van der Waals surface area contributed by atoms with Gasteiger partial charge in [-0.15, -0.1) is 0 Å². The van der Waals surface area contributed by atoms with Crippen molar-refractivity contribution in [2.75, 3.05) is 13.7 Å². The van der Waals surface area contributed by atoms with Crippen molar-refractivity contribution in [2.24, 2.45) is 5.92 Å². The van der Waals surface area contributed by atoms with Crippen LogP contribution in [0.2, 0.25) is 0 Å². The summed E-state index contributed by atoms with van der Waals surface area (Å²) in [5, 5.41) is 8.50. The van der Waals surface area contributed by atoms with Crippen LogP contribution in [0.3, 0.4) is 0 Å². The van der Waals surface area contributed by atoms with Crippen LogP contribution < -0.4 is 0 Å². The molecular weight excluding hydrogens is 216 g/mol. The molecule has 0 saturated heterocycles. The third-order valence-corrected chi connectivity index (χ3v) is 1.97. The molecule has 0 aromatic rings. The van der Waals surface area contributed by atoms with Crippen molar-refractivity contribution in [2.45, 2.75) is 26.2 Å². The van der Waals surface area contributed by atoms with Gasteiger partial charge in [0.1, 0.15) is 0 Å². The number of rotatable bonds is 7. The van der Waals surface area contributed by atoms with E-state index < -0.39 is 23.8 Å². The van der Waals surface area contributed by atoms with E-state index in [0.717, 1.165) is 0 Å². The van der Waals surface area contributed by atoms with Crippen molar-refractivity contribution in [3.8, 4) is 0 Å². The van der Waals surface area contributed by atoms with Crippen molar-refractivity contribution in [3.63, 3.8) is 0 Å². The Balaban J connectivity index is 4.31. The second-order valence-electron chi connectivity index (χ2n) is 3.16. The van der Waals surface area contributed by atoms with Gasteiger partial charge >= 0.3 is 17.9 Å². The Morgan fingerprint density at radius 3 is 2.38 bits per heavy atom. The summed E-state index contributed by atoms with van der Waals surface area (Å²) in [6.45, 7) is 1.84. The number of carbonyl (C=O) groups is 3. The van der Waals surface area contributed by atoms with Gasteiger partial charge in [-0.2, -0.15) is 0 Å². The molecule has 0 aliphatic heterocycles. The highest BCUT2D eigenvalue weighted by molar-refractivity contribution is 5.80. The maximum absolute atomic E-state index is 11.4. The van der Waals surface area contributed by atoms with Gasteiger partial charge in [0.2, 0.25) is 0 Å². The average Bonchev–Trinajstić information content (AvgIpc) is 2.23. The zero-order valence-electron chi connectivity index (χ0n) is 9.39. The van der Waals surface area contributed by atoms with E-state index in [1.54, 1.807) is 6.92 Å². The Kier molecular flexibility index (Phi) is 6.91. The molecule has 6 nitrogen and oxygen atoms in total. The lowest BCUT2D eigenvalue weighted by molar-refractivity contribution is -0.154. The molecule has 1 N–H and O–H groups in total. The number of carbonyl (C=O) groups excluding carboxylic acids is 2. The van der Waals surface area contributed by atoms with Gasteiger partial charge < -0.3 is 14.6 Å². The van der Waals surface area contributed by atoms with Crippen LogP contribution in [0, 0.1) is 5.92 Å². The highest BCUT2D eigenvalue weighted by Gasteiger charge is 2.24.